The molecule has 0 aliphatic carbocycles. The number of nitrogens with one attached hydrogen (secondary N) is 1. The quantitative estimate of drug-likeness (QED) is 0.848. The highest BCUT2D eigenvalue weighted by Gasteiger charge is 2.20. The zero-order valence-corrected chi connectivity index (χ0v) is 15.6. The first kappa shape index (κ1) is 17.5. The number of pyridine rings is 1. The number of rotatable bonds is 4. The van der Waals surface area contributed by atoms with Crippen molar-refractivity contribution < 1.29 is 4.74 Å². The lowest BCUT2D eigenvalue weighted by Gasteiger charge is -2.37. The van der Waals surface area contributed by atoms with Crippen molar-refractivity contribution in [1.29, 1.82) is 0 Å². The molecule has 1 aliphatic heterocycles. The molecule has 5 nitrogen and oxygen atoms in total. The molecule has 0 radical (unpaired) electrons. The van der Waals surface area contributed by atoms with Crippen molar-refractivity contribution in [3.8, 4) is 5.75 Å². The molecule has 25 heavy (non-hydrogen) atoms. The minimum absolute atomic E-state index is 0.633. The lowest BCUT2D eigenvalue weighted by Crippen LogP contribution is -2.50. The lowest BCUT2D eigenvalue weighted by molar-refractivity contribution is 0.341. The number of thiocarbonyl (C=S) groups is 1. The fourth-order valence-electron chi connectivity index (χ4n) is 2.89. The van der Waals surface area contributed by atoms with Crippen molar-refractivity contribution >= 4 is 28.8 Å². The molecule has 1 aromatic heterocycles. The van der Waals surface area contributed by atoms with Crippen LogP contribution in [0.5, 0.6) is 5.75 Å². The molecule has 2 heterocycles. The molecular weight excluding hydrogens is 332 g/mol. The summed E-state index contributed by atoms with van der Waals surface area (Å²) in [5.74, 6) is 1.87. The fourth-order valence-corrected chi connectivity index (χ4v) is 3.18. The van der Waals surface area contributed by atoms with Gasteiger partial charge in [0.2, 0.25) is 0 Å². The summed E-state index contributed by atoms with van der Waals surface area (Å²) in [5, 5.41) is 4.07. The van der Waals surface area contributed by atoms with Crippen LogP contribution in [0.15, 0.2) is 42.5 Å². The number of para-hydroxylation sites is 2. The first-order chi connectivity index (χ1) is 12.2. The molecule has 0 atom stereocenters. The lowest BCUT2D eigenvalue weighted by atomic mass is 10.3. The van der Waals surface area contributed by atoms with Gasteiger partial charge in [0.25, 0.3) is 0 Å². The number of nitrogens with zero attached hydrogens (tertiary/aromatic N) is 3. The normalized spacial score (nSPS) is 14.3. The average molecular weight is 356 g/mol. The Hall–Kier alpha value is -2.34. The molecule has 0 unspecified atom stereocenters. The highest BCUT2D eigenvalue weighted by Crippen LogP contribution is 2.24. The van der Waals surface area contributed by atoms with Gasteiger partial charge in [0.1, 0.15) is 11.6 Å². The van der Waals surface area contributed by atoms with Crippen LogP contribution in [0.2, 0.25) is 0 Å². The third-order valence-electron chi connectivity index (χ3n) is 4.19. The molecule has 6 heteroatoms. The smallest absolute Gasteiger partial charge is 0.173 e. The van der Waals surface area contributed by atoms with E-state index in [-0.39, 0.29) is 0 Å². The molecule has 1 saturated heterocycles. The van der Waals surface area contributed by atoms with Gasteiger partial charge in [-0.1, -0.05) is 18.2 Å². The van der Waals surface area contributed by atoms with Crippen molar-refractivity contribution in [3.05, 3.63) is 48.2 Å². The minimum atomic E-state index is 0.633. The van der Waals surface area contributed by atoms with Crippen LogP contribution in [0.3, 0.4) is 0 Å². The number of ether oxygens (including phenoxy) is 1. The van der Waals surface area contributed by atoms with Crippen molar-refractivity contribution in [2.45, 2.75) is 13.8 Å². The van der Waals surface area contributed by atoms with Gasteiger partial charge in [0, 0.05) is 31.9 Å². The van der Waals surface area contributed by atoms with Gasteiger partial charge in [0.15, 0.2) is 5.11 Å². The molecule has 0 amide bonds. The van der Waals surface area contributed by atoms with Gasteiger partial charge in [-0.05, 0) is 50.3 Å². The topological polar surface area (TPSA) is 40.6 Å². The summed E-state index contributed by atoms with van der Waals surface area (Å²) < 4.78 is 5.65. The summed E-state index contributed by atoms with van der Waals surface area (Å²) in [4.78, 5) is 9.11. The average Bonchev–Trinajstić information content (AvgIpc) is 2.64. The van der Waals surface area contributed by atoms with Gasteiger partial charge >= 0.3 is 0 Å². The Kier molecular flexibility index (Phi) is 5.71. The van der Waals surface area contributed by atoms with E-state index in [0.717, 1.165) is 54.2 Å². The van der Waals surface area contributed by atoms with E-state index in [2.05, 4.69) is 32.2 Å². The molecule has 1 fully saturated rings. The maximum Gasteiger partial charge on any atom is 0.173 e. The summed E-state index contributed by atoms with van der Waals surface area (Å²) in [6, 6.07) is 14.0. The van der Waals surface area contributed by atoms with Gasteiger partial charge < -0.3 is 19.9 Å². The van der Waals surface area contributed by atoms with Crippen LogP contribution >= 0.6 is 12.2 Å². The molecule has 0 spiro atoms. The molecule has 3 rings (SSSR count). The molecule has 2 aromatic rings. The Morgan fingerprint density at radius 3 is 2.60 bits per heavy atom. The van der Waals surface area contributed by atoms with Crippen LogP contribution in [-0.2, 0) is 0 Å². The maximum absolute atomic E-state index is 5.65. The van der Waals surface area contributed by atoms with E-state index in [1.165, 1.54) is 0 Å². The Morgan fingerprint density at radius 1 is 1.12 bits per heavy atom. The van der Waals surface area contributed by atoms with Gasteiger partial charge in [-0.3, -0.25) is 0 Å². The maximum atomic E-state index is 5.65. The second kappa shape index (κ2) is 8.16. The van der Waals surface area contributed by atoms with Crippen LogP contribution in [-0.4, -0.2) is 47.8 Å². The van der Waals surface area contributed by atoms with Crippen LogP contribution in [0, 0.1) is 6.92 Å². The highest BCUT2D eigenvalue weighted by molar-refractivity contribution is 7.80. The number of benzene rings is 1. The molecule has 1 N–H and O–H groups in total. The Balaban J connectivity index is 1.59. The zero-order valence-electron chi connectivity index (χ0n) is 14.7. The van der Waals surface area contributed by atoms with E-state index in [1.54, 1.807) is 0 Å². The van der Waals surface area contributed by atoms with E-state index < -0.39 is 0 Å². The number of hydrogen-bond acceptors (Lipinski definition) is 4. The van der Waals surface area contributed by atoms with Gasteiger partial charge in [0.05, 0.1) is 12.3 Å². The van der Waals surface area contributed by atoms with E-state index in [0.29, 0.717) is 6.61 Å². The zero-order chi connectivity index (χ0) is 17.6. The number of piperazine rings is 1. The van der Waals surface area contributed by atoms with Gasteiger partial charge in [-0.15, -0.1) is 0 Å². The van der Waals surface area contributed by atoms with Crippen LogP contribution in [0.25, 0.3) is 0 Å². The monoisotopic (exact) mass is 356 g/mol. The number of hydrogen-bond donors (Lipinski definition) is 1. The molecule has 1 aliphatic rings. The Labute approximate surface area is 154 Å². The second-order valence-electron chi connectivity index (χ2n) is 5.97. The van der Waals surface area contributed by atoms with Crippen LogP contribution < -0.4 is 15.0 Å². The molecule has 132 valence electrons. The Bertz CT molecular complexity index is 729. The van der Waals surface area contributed by atoms with E-state index in [1.807, 2.05) is 44.2 Å². The molecular formula is C19H24N4OS. The van der Waals surface area contributed by atoms with Crippen molar-refractivity contribution in [3.63, 3.8) is 0 Å². The van der Waals surface area contributed by atoms with E-state index in [4.69, 9.17) is 17.0 Å². The first-order valence-electron chi connectivity index (χ1n) is 8.63. The second-order valence-corrected chi connectivity index (χ2v) is 6.36. The molecule has 1 aromatic carbocycles. The summed E-state index contributed by atoms with van der Waals surface area (Å²) in [7, 11) is 0. The van der Waals surface area contributed by atoms with Gasteiger partial charge in [-0.2, -0.15) is 0 Å². The summed E-state index contributed by atoms with van der Waals surface area (Å²) in [6.07, 6.45) is 0. The van der Waals surface area contributed by atoms with E-state index in [9.17, 15) is 0 Å². The number of aromatic nitrogens is 1. The van der Waals surface area contributed by atoms with Crippen molar-refractivity contribution in [2.75, 3.05) is 43.0 Å². The van der Waals surface area contributed by atoms with Crippen LogP contribution in [0.4, 0.5) is 11.5 Å². The molecule has 0 bridgehead atoms. The first-order valence-corrected chi connectivity index (χ1v) is 9.04. The Morgan fingerprint density at radius 2 is 1.88 bits per heavy atom. The highest BCUT2D eigenvalue weighted by atomic mass is 32.1. The van der Waals surface area contributed by atoms with Crippen LogP contribution in [0.1, 0.15) is 12.6 Å². The summed E-state index contributed by atoms with van der Waals surface area (Å²) in [5.41, 5.74) is 1.96. The standard InChI is InChI=1S/C19H24N4OS/c1-3-24-17-9-5-4-8-16(17)21-19(25)23-13-11-22(12-14-23)18-10-6-7-15(2)20-18/h4-10H,3,11-14H2,1-2H3,(H,21,25). The summed E-state index contributed by atoms with van der Waals surface area (Å²) >= 11 is 5.60. The van der Waals surface area contributed by atoms with Crippen molar-refractivity contribution in [1.82, 2.24) is 9.88 Å². The predicted molar refractivity (Wildman–Crippen MR) is 107 cm³/mol. The minimum Gasteiger partial charge on any atom is -0.492 e. The summed E-state index contributed by atoms with van der Waals surface area (Å²) in [6.45, 7) is 8.20. The van der Waals surface area contributed by atoms with Crippen molar-refractivity contribution in [2.24, 2.45) is 0 Å². The third-order valence-corrected chi connectivity index (χ3v) is 4.55. The fraction of sp³-hybridized carbons (Fsp3) is 0.368. The SMILES string of the molecule is CCOc1ccccc1NC(=S)N1CCN(c2cccc(C)n2)CC1. The predicted octanol–water partition coefficient (Wildman–Crippen LogP) is 3.31. The molecule has 0 saturated carbocycles. The van der Waals surface area contributed by atoms with Gasteiger partial charge in [-0.25, -0.2) is 4.98 Å². The largest absolute Gasteiger partial charge is 0.492 e. The number of aryl methyl sites for hydroxylation is 1. The van der Waals surface area contributed by atoms with E-state index >= 15 is 0 Å². The third kappa shape index (κ3) is 4.39. The number of anilines is 2.